The van der Waals surface area contributed by atoms with E-state index in [1.165, 1.54) is 10.8 Å². The van der Waals surface area contributed by atoms with Gasteiger partial charge in [-0.15, -0.1) is 0 Å². The van der Waals surface area contributed by atoms with Crippen LogP contribution in [0.1, 0.15) is 2.80 Å². The SMILES string of the molecule is Clc1cc(-c2ccccn2)cc(-c2ccccn2)c1.F.[2H]CF.[H-].[Na+].c1ccc(-c2nc3c4c(ccc3n2-c2ccccc2)[nH]c2ccccc24)cc1.c1ccc(-c2nc3c4c5ccccc5n(-c5cc(-c6ccccn6)cc(-c6ccccn6)c5)c4ccc3n2-c2ccccc2)cc1. The van der Waals surface area contributed by atoms with Crippen molar-refractivity contribution in [3.63, 3.8) is 0 Å². The van der Waals surface area contributed by atoms with Crippen LogP contribution in [0.2, 0.25) is 5.02 Å². The Bertz CT molecular complexity index is 5600. The van der Waals surface area contributed by atoms with Crippen LogP contribution >= 0.6 is 11.6 Å². The number of imidazole rings is 2. The number of H-pyrrole nitrogens is 1. The molecule has 0 aliphatic rings. The number of aromatic nitrogens is 10. The van der Waals surface area contributed by atoms with E-state index in [9.17, 15) is 4.39 Å². The van der Waals surface area contributed by atoms with Gasteiger partial charge in [-0.1, -0.05) is 169 Å². The van der Waals surface area contributed by atoms with E-state index >= 15 is 0 Å². The van der Waals surface area contributed by atoms with Gasteiger partial charge in [-0.2, -0.15) is 0 Å². The number of alkyl halides is 1. The molecule has 1 N–H and O–H groups in total. The second-order valence-electron chi connectivity index (χ2n) is 22.5. The minimum absolute atomic E-state index is 0. The number of hydrogen-bond donors (Lipinski definition) is 1. The van der Waals surface area contributed by atoms with Crippen LogP contribution in [-0.4, -0.2) is 55.7 Å². The van der Waals surface area contributed by atoms with Crippen LogP contribution in [0.4, 0.5) is 9.09 Å². The van der Waals surface area contributed by atoms with Crippen molar-refractivity contribution in [2.24, 2.45) is 0 Å². The smallest absolute Gasteiger partial charge is 1.00 e. The molecule has 0 saturated carbocycles. The summed E-state index contributed by atoms with van der Waals surface area (Å²) in [6.45, 7) is 0. The van der Waals surface area contributed by atoms with Crippen molar-refractivity contribution in [1.82, 2.24) is 48.6 Å². The predicted molar refractivity (Wildman–Crippen MR) is 392 cm³/mol. The second kappa shape index (κ2) is 29.0. The summed E-state index contributed by atoms with van der Waals surface area (Å²) >= 11 is 6.19. The Hall–Kier alpha value is -11.5. The summed E-state index contributed by atoms with van der Waals surface area (Å²) in [5.41, 5.74) is 21.8. The van der Waals surface area contributed by atoms with Gasteiger partial charge in [0, 0.05) is 113 Å². The number of hydrogen-bond acceptors (Lipinski definition) is 6. The summed E-state index contributed by atoms with van der Waals surface area (Å²) in [6.07, 6.45) is 7.23. The van der Waals surface area contributed by atoms with Crippen LogP contribution in [0.15, 0.2) is 328 Å². The molecule has 18 rings (SSSR count). The number of benzene rings is 10. The fourth-order valence-electron chi connectivity index (χ4n) is 12.6. The van der Waals surface area contributed by atoms with Crippen molar-refractivity contribution < 1.29 is 41.4 Å². The average molecular weight is 1290 g/mol. The van der Waals surface area contributed by atoms with Crippen molar-refractivity contribution >= 4 is 77.3 Å². The molecule has 0 saturated heterocycles. The van der Waals surface area contributed by atoms with Gasteiger partial charge < -0.3 is 11.0 Å². The number of halogens is 3. The molecular weight excluding hydrogens is 1230 g/mol. The van der Waals surface area contributed by atoms with Gasteiger partial charge in [0.25, 0.3) is 0 Å². The van der Waals surface area contributed by atoms with Gasteiger partial charge in [-0.25, -0.2) is 9.97 Å². The molecule has 10 aromatic carbocycles. The van der Waals surface area contributed by atoms with Gasteiger partial charge in [0.2, 0.25) is 0 Å². The fraction of sp³-hybridized carbons (Fsp3) is 0.0120. The summed E-state index contributed by atoms with van der Waals surface area (Å²) in [5, 5.41) is 5.36. The minimum atomic E-state index is -1.00. The molecule has 0 atom stereocenters. The Balaban J connectivity index is 0.000000150. The summed E-state index contributed by atoms with van der Waals surface area (Å²) in [6, 6.07) is 104. The predicted octanol–water partition coefficient (Wildman–Crippen LogP) is 18.6. The number of nitrogens with one attached hydrogen (secondary N) is 1. The molecule has 0 radical (unpaired) electrons. The van der Waals surface area contributed by atoms with Gasteiger partial charge >= 0.3 is 29.6 Å². The Kier molecular flexibility index (Phi) is 18.8. The molecule has 0 amide bonds. The maximum Gasteiger partial charge on any atom is 1.00 e. The third-order valence-corrected chi connectivity index (χ3v) is 17.0. The van der Waals surface area contributed by atoms with Crippen LogP contribution < -0.4 is 29.6 Å². The summed E-state index contributed by atoms with van der Waals surface area (Å²) in [5.74, 6) is 1.88. The molecule has 8 aromatic heterocycles. The zero-order valence-corrected chi connectivity index (χ0v) is 55.3. The van der Waals surface area contributed by atoms with Crippen molar-refractivity contribution in [2.75, 3.05) is 7.15 Å². The number of pyridine rings is 4. The van der Waals surface area contributed by atoms with Crippen molar-refractivity contribution in [1.29, 1.82) is 0 Å². The largest absolute Gasteiger partial charge is 1.00 e. The molecule has 14 heteroatoms. The van der Waals surface area contributed by atoms with Crippen LogP contribution in [0, 0.1) is 0 Å². The summed E-state index contributed by atoms with van der Waals surface area (Å²) in [7, 11) is -1.00. The standard InChI is InChI=1S/C41H27N5.C25H17N3.C16H11ClN2.CH3F.FH.Na.H/c1-3-13-28(14-4-1)41-44-40-38(46(41)31-15-5-2-6-16-31)22-21-37-39(40)33-17-7-8-20-36(33)45(37)32-26-29(34-18-9-11-23-42-34)25-30(27-32)35-19-10-12-24-43-35;1-3-9-17(10-4-1)25-27-24-22(28(25)18-11-5-2-6-12-18)16-15-21-23(24)19-13-7-8-14-20(19)26-21;17-14-10-12(15-5-1-3-7-18-15)9-13(11-14)16-6-2-4-8-19-16;1-2;;;/h1-27H;1-16,26H;1-11H;1H3;1H;;/q;;;;;+1;-1/i;;;1D;;;. The number of nitrogens with zero attached hydrogens (tertiary/aromatic N) is 9. The summed E-state index contributed by atoms with van der Waals surface area (Å²) in [4.78, 5) is 32.2. The molecule has 8 heterocycles. The number of fused-ring (bicyclic) bond motifs is 10. The molecule has 0 bridgehead atoms. The molecule has 0 aliphatic carbocycles. The fourth-order valence-corrected chi connectivity index (χ4v) is 12.9. The molecule has 0 aliphatic heterocycles. The Morgan fingerprint density at radius 2 is 0.732 bits per heavy atom. The number of aromatic amines is 1. The topological polar surface area (TPSA) is 108 Å². The monoisotopic (exact) mass is 1290 g/mol. The first-order chi connectivity index (χ1) is 47.5. The van der Waals surface area contributed by atoms with Gasteiger partial charge in [0.1, 0.15) is 11.6 Å². The molecule has 18 aromatic rings. The second-order valence-corrected chi connectivity index (χ2v) is 22.9. The third kappa shape index (κ3) is 12.7. The zero-order chi connectivity index (χ0) is 64.7. The van der Waals surface area contributed by atoms with E-state index < -0.39 is 7.15 Å². The van der Waals surface area contributed by atoms with E-state index in [1.807, 2.05) is 103 Å². The molecule has 10 nitrogen and oxygen atoms in total. The van der Waals surface area contributed by atoms with Crippen LogP contribution in [-0.2, 0) is 0 Å². The molecule has 0 unspecified atom stereocenters. The Morgan fingerprint density at radius 1 is 0.351 bits per heavy atom. The van der Waals surface area contributed by atoms with Crippen molar-refractivity contribution in [3.8, 4) is 84.9 Å². The van der Waals surface area contributed by atoms with E-state index in [-0.39, 0.29) is 35.7 Å². The number of para-hydroxylation sites is 4. The first kappa shape index (κ1) is 62.9. The van der Waals surface area contributed by atoms with E-state index in [0.717, 1.165) is 140 Å². The van der Waals surface area contributed by atoms with E-state index in [4.69, 9.17) is 32.9 Å². The summed E-state index contributed by atoms with van der Waals surface area (Å²) < 4.78 is 22.4. The van der Waals surface area contributed by atoms with E-state index in [0.29, 0.717) is 5.02 Å². The third-order valence-electron chi connectivity index (χ3n) is 16.8. The molecule has 0 spiro atoms. The van der Waals surface area contributed by atoms with Crippen molar-refractivity contribution in [2.45, 2.75) is 0 Å². The van der Waals surface area contributed by atoms with E-state index in [2.05, 4.69) is 241 Å². The quantitative estimate of drug-likeness (QED) is 0.144. The number of rotatable bonds is 9. The Labute approximate surface area is 588 Å². The van der Waals surface area contributed by atoms with Gasteiger partial charge in [0.05, 0.1) is 64.4 Å². The maximum absolute atomic E-state index is 9.96. The zero-order valence-electron chi connectivity index (χ0n) is 54.6. The van der Waals surface area contributed by atoms with Crippen LogP contribution in [0.3, 0.4) is 0 Å². The molecule has 464 valence electrons. The Morgan fingerprint density at radius 3 is 1.20 bits per heavy atom. The first-order valence-electron chi connectivity index (χ1n) is 31.7. The van der Waals surface area contributed by atoms with Crippen molar-refractivity contribution in [3.05, 3.63) is 333 Å². The average Bonchev–Trinajstić information content (AvgIpc) is 1.57. The molecule has 97 heavy (non-hydrogen) atoms. The van der Waals surface area contributed by atoms with Crippen LogP contribution in [0.5, 0.6) is 0 Å². The normalized spacial score (nSPS) is 11.0. The van der Waals surface area contributed by atoms with Gasteiger partial charge in [-0.05, 0) is 146 Å². The van der Waals surface area contributed by atoms with Gasteiger partial charge in [0.15, 0.2) is 0 Å². The van der Waals surface area contributed by atoms with Gasteiger partial charge in [-0.3, -0.25) is 38.2 Å². The minimum Gasteiger partial charge on any atom is -1.00 e. The molecular formula is C83H60ClF2N10Na. The first-order valence-corrected chi connectivity index (χ1v) is 31.4. The maximum atomic E-state index is 9.96. The van der Waals surface area contributed by atoms with Crippen LogP contribution in [0.25, 0.3) is 151 Å². The molecule has 0 fully saturated rings. The van der Waals surface area contributed by atoms with E-state index in [1.54, 1.807) is 12.4 Å².